The van der Waals surface area contributed by atoms with Crippen LogP contribution < -0.4 is 10.6 Å². The van der Waals surface area contributed by atoms with Gasteiger partial charge in [0, 0.05) is 42.5 Å². The molecule has 1 aromatic heterocycles. The second kappa shape index (κ2) is 10.2. The number of carboxylic acid groups (broad SMARTS) is 1. The summed E-state index contributed by atoms with van der Waals surface area (Å²) in [5.41, 5.74) is 2.16. The van der Waals surface area contributed by atoms with Gasteiger partial charge in [0.2, 0.25) is 11.8 Å². The highest BCUT2D eigenvalue weighted by Gasteiger charge is 2.31. The quantitative estimate of drug-likeness (QED) is 0.643. The van der Waals surface area contributed by atoms with E-state index in [9.17, 15) is 19.5 Å². The molecule has 2 aromatic rings. The van der Waals surface area contributed by atoms with Gasteiger partial charge in [0.1, 0.15) is 6.04 Å². The molecule has 2 atom stereocenters. The van der Waals surface area contributed by atoms with Gasteiger partial charge in [-0.2, -0.15) is 0 Å². The lowest BCUT2D eigenvalue weighted by atomic mass is 9.78. The lowest BCUT2D eigenvalue weighted by molar-refractivity contribution is -0.142. The SMILES string of the molecule is O=C(O)C[C@@H](CC1CCC1)C(=O)N[C@H]1Cc2cn(c3ccccc23)CCCCCNC1=O. The van der Waals surface area contributed by atoms with Crippen LogP contribution in [0, 0.1) is 11.8 Å². The number of fused-ring (bicyclic) bond motifs is 5. The second-order valence-corrected chi connectivity index (χ2v) is 9.31. The van der Waals surface area contributed by atoms with E-state index in [0.29, 0.717) is 25.3 Å². The van der Waals surface area contributed by atoms with Crippen LogP contribution in [0.2, 0.25) is 0 Å². The monoisotopic (exact) mass is 439 g/mol. The van der Waals surface area contributed by atoms with Crippen LogP contribution in [-0.4, -0.2) is 40.0 Å². The molecule has 1 aliphatic carbocycles. The van der Waals surface area contributed by atoms with E-state index in [0.717, 1.165) is 61.5 Å². The summed E-state index contributed by atoms with van der Waals surface area (Å²) >= 11 is 0. The van der Waals surface area contributed by atoms with Crippen molar-refractivity contribution in [2.24, 2.45) is 11.8 Å². The van der Waals surface area contributed by atoms with Crippen LogP contribution in [0.25, 0.3) is 10.9 Å². The molecule has 7 nitrogen and oxygen atoms in total. The Bertz CT molecular complexity index is 979. The molecule has 1 aromatic carbocycles. The van der Waals surface area contributed by atoms with Gasteiger partial charge in [-0.1, -0.05) is 37.5 Å². The first-order valence-electron chi connectivity index (χ1n) is 11.9. The number of nitrogens with one attached hydrogen (secondary N) is 2. The molecule has 4 rings (SSSR count). The first-order valence-corrected chi connectivity index (χ1v) is 11.9. The van der Waals surface area contributed by atoms with Gasteiger partial charge in [0.25, 0.3) is 0 Å². The van der Waals surface area contributed by atoms with Crippen molar-refractivity contribution in [3.63, 3.8) is 0 Å². The molecular formula is C25H33N3O4. The summed E-state index contributed by atoms with van der Waals surface area (Å²) in [6, 6.07) is 7.43. The average molecular weight is 440 g/mol. The number of amides is 2. The van der Waals surface area contributed by atoms with Crippen LogP contribution in [0.15, 0.2) is 30.5 Å². The third-order valence-electron chi connectivity index (χ3n) is 6.94. The Morgan fingerprint density at radius 2 is 1.97 bits per heavy atom. The molecule has 0 saturated heterocycles. The Hall–Kier alpha value is -2.83. The van der Waals surface area contributed by atoms with E-state index in [1.54, 1.807) is 0 Å². The minimum absolute atomic E-state index is 0.198. The topological polar surface area (TPSA) is 100 Å². The summed E-state index contributed by atoms with van der Waals surface area (Å²) in [6.07, 6.45) is 9.05. The van der Waals surface area contributed by atoms with E-state index < -0.39 is 17.9 Å². The zero-order valence-corrected chi connectivity index (χ0v) is 18.5. The number of carboxylic acids is 1. The van der Waals surface area contributed by atoms with E-state index >= 15 is 0 Å². The maximum Gasteiger partial charge on any atom is 0.304 e. The van der Waals surface area contributed by atoms with Crippen molar-refractivity contribution < 1.29 is 19.5 Å². The molecule has 2 amide bonds. The van der Waals surface area contributed by atoms with Crippen molar-refractivity contribution in [1.82, 2.24) is 15.2 Å². The first-order chi connectivity index (χ1) is 15.5. The lowest BCUT2D eigenvalue weighted by Crippen LogP contribution is -2.50. The van der Waals surface area contributed by atoms with Crippen LogP contribution in [0.1, 0.15) is 56.9 Å². The summed E-state index contributed by atoms with van der Waals surface area (Å²) in [4.78, 5) is 37.5. The number of benzene rings is 1. The predicted molar refractivity (Wildman–Crippen MR) is 122 cm³/mol. The van der Waals surface area contributed by atoms with E-state index in [2.05, 4.69) is 33.5 Å². The van der Waals surface area contributed by atoms with Gasteiger partial charge in [0.15, 0.2) is 0 Å². The second-order valence-electron chi connectivity index (χ2n) is 9.31. The molecule has 0 unspecified atom stereocenters. The van der Waals surface area contributed by atoms with Crippen molar-refractivity contribution in [3.05, 3.63) is 36.0 Å². The van der Waals surface area contributed by atoms with Crippen LogP contribution in [0.3, 0.4) is 0 Å². The number of aryl methyl sites for hydroxylation is 1. The standard InChI is InChI=1S/C25H33N3O4/c29-23(30)15-18(13-17-7-6-8-17)24(31)27-21-14-19-16-28(22-10-3-2-9-20(19)22)12-5-1-4-11-26-25(21)32/h2-3,9-10,16-18,21H,1,4-8,11-15H2,(H,26,32)(H,27,31)(H,29,30)/t18-,21+/m1/s1. The summed E-state index contributed by atoms with van der Waals surface area (Å²) in [5.74, 6) is -1.69. The fraction of sp³-hybridized carbons (Fsp3) is 0.560. The number of para-hydroxylation sites is 1. The molecule has 1 fully saturated rings. The number of hydrogen-bond acceptors (Lipinski definition) is 3. The fourth-order valence-corrected chi connectivity index (χ4v) is 4.93. The summed E-state index contributed by atoms with van der Waals surface area (Å²) in [7, 11) is 0. The number of hydrogen-bond donors (Lipinski definition) is 3. The first kappa shape index (κ1) is 22.4. The molecule has 32 heavy (non-hydrogen) atoms. The van der Waals surface area contributed by atoms with Crippen LogP contribution >= 0.6 is 0 Å². The Morgan fingerprint density at radius 3 is 2.72 bits per heavy atom. The summed E-state index contributed by atoms with van der Waals surface area (Å²) in [6.45, 7) is 1.51. The van der Waals surface area contributed by atoms with Gasteiger partial charge in [-0.05, 0) is 43.2 Å². The zero-order valence-electron chi connectivity index (χ0n) is 18.5. The molecule has 2 aliphatic rings. The molecule has 0 spiro atoms. The molecule has 1 saturated carbocycles. The molecular weight excluding hydrogens is 406 g/mol. The van der Waals surface area contributed by atoms with Gasteiger partial charge in [-0.15, -0.1) is 0 Å². The number of rotatable bonds is 6. The number of aromatic nitrogens is 1. The van der Waals surface area contributed by atoms with Crippen molar-refractivity contribution >= 4 is 28.7 Å². The third kappa shape index (κ3) is 5.31. The van der Waals surface area contributed by atoms with Crippen molar-refractivity contribution in [2.45, 2.75) is 70.4 Å². The third-order valence-corrected chi connectivity index (χ3v) is 6.94. The normalized spacial score (nSPS) is 21.0. The fourth-order valence-electron chi connectivity index (χ4n) is 4.93. The Morgan fingerprint density at radius 1 is 1.16 bits per heavy atom. The molecule has 3 N–H and O–H groups in total. The molecule has 7 heteroatoms. The minimum Gasteiger partial charge on any atom is -0.481 e. The minimum atomic E-state index is -0.976. The van der Waals surface area contributed by atoms with Crippen LogP contribution in [-0.2, 0) is 27.3 Å². The Kier molecular flexibility index (Phi) is 7.12. The average Bonchev–Trinajstić information content (AvgIpc) is 3.08. The number of aliphatic carboxylic acids is 1. The molecule has 2 heterocycles. The number of nitrogens with zero attached hydrogens (tertiary/aromatic N) is 1. The van der Waals surface area contributed by atoms with E-state index in [-0.39, 0.29) is 18.2 Å². The van der Waals surface area contributed by atoms with Gasteiger partial charge >= 0.3 is 5.97 Å². The Labute approximate surface area is 188 Å². The number of carbonyl (C=O) groups excluding carboxylic acids is 2. The van der Waals surface area contributed by atoms with Crippen LogP contribution in [0.4, 0.5) is 0 Å². The maximum atomic E-state index is 13.1. The smallest absolute Gasteiger partial charge is 0.304 e. The van der Waals surface area contributed by atoms with E-state index in [1.807, 2.05) is 12.1 Å². The van der Waals surface area contributed by atoms with E-state index in [4.69, 9.17) is 0 Å². The largest absolute Gasteiger partial charge is 0.481 e. The highest BCUT2D eigenvalue weighted by Crippen LogP contribution is 2.33. The molecule has 1 aliphatic heterocycles. The summed E-state index contributed by atoms with van der Waals surface area (Å²) < 4.78 is 2.24. The highest BCUT2D eigenvalue weighted by molar-refractivity contribution is 5.91. The van der Waals surface area contributed by atoms with Gasteiger partial charge in [-0.3, -0.25) is 14.4 Å². The highest BCUT2D eigenvalue weighted by atomic mass is 16.4. The van der Waals surface area contributed by atoms with Crippen molar-refractivity contribution in [1.29, 1.82) is 0 Å². The van der Waals surface area contributed by atoms with Gasteiger partial charge in [-0.25, -0.2) is 0 Å². The molecule has 172 valence electrons. The number of carbonyl (C=O) groups is 3. The van der Waals surface area contributed by atoms with Crippen molar-refractivity contribution in [2.75, 3.05) is 6.54 Å². The predicted octanol–water partition coefficient (Wildman–Crippen LogP) is 3.25. The summed E-state index contributed by atoms with van der Waals surface area (Å²) in [5, 5.41) is 16.3. The zero-order chi connectivity index (χ0) is 22.5. The molecule has 2 bridgehead atoms. The van der Waals surface area contributed by atoms with Gasteiger partial charge in [0.05, 0.1) is 6.42 Å². The van der Waals surface area contributed by atoms with Crippen molar-refractivity contribution in [3.8, 4) is 0 Å². The molecule has 0 radical (unpaired) electrons. The Balaban J connectivity index is 1.57. The van der Waals surface area contributed by atoms with E-state index in [1.165, 1.54) is 0 Å². The lowest BCUT2D eigenvalue weighted by Gasteiger charge is -2.29. The van der Waals surface area contributed by atoms with Crippen LogP contribution in [0.5, 0.6) is 0 Å². The van der Waals surface area contributed by atoms with Gasteiger partial charge < -0.3 is 20.3 Å². The maximum absolute atomic E-state index is 13.1.